The largest absolute Gasteiger partial charge is 0.469 e. The van der Waals surface area contributed by atoms with Gasteiger partial charge in [0.2, 0.25) is 12.1 Å². The SMILES string of the molecule is CC1=COC2O[C@@]3(C)CC[C@H]4[C@H](C)CC[C@@H]1[C@@]24OO3. The fourth-order valence-corrected chi connectivity index (χ4v) is 4.55. The van der Waals surface area contributed by atoms with Gasteiger partial charge in [-0.05, 0) is 44.6 Å². The summed E-state index contributed by atoms with van der Waals surface area (Å²) < 4.78 is 12.0. The van der Waals surface area contributed by atoms with Crippen molar-refractivity contribution in [2.24, 2.45) is 17.8 Å². The highest BCUT2D eigenvalue weighted by molar-refractivity contribution is 5.19. The predicted octanol–water partition coefficient (Wildman–Crippen LogP) is 3.14. The Bertz CT molecular complexity index is 434. The Labute approximate surface area is 114 Å². The molecule has 1 unspecified atom stereocenters. The molecule has 4 heteroatoms. The van der Waals surface area contributed by atoms with Gasteiger partial charge in [-0.25, -0.2) is 9.78 Å². The van der Waals surface area contributed by atoms with Gasteiger partial charge in [-0.3, -0.25) is 0 Å². The molecule has 1 saturated carbocycles. The standard InChI is InChI=1S/C15H22O4/c1-9-4-5-11-10(2)8-16-13-15(11)12(9)6-7-14(3,17-13)18-19-15/h8-9,11-13H,4-7H2,1-3H3/t9-,11+,12+,13?,14-,15+/m1/s1. The summed E-state index contributed by atoms with van der Waals surface area (Å²) >= 11 is 0. The van der Waals surface area contributed by atoms with Gasteiger partial charge in [-0.2, -0.15) is 0 Å². The molecule has 5 aliphatic rings. The van der Waals surface area contributed by atoms with Crippen LogP contribution < -0.4 is 0 Å². The molecule has 6 atom stereocenters. The van der Waals surface area contributed by atoms with E-state index in [1.807, 2.05) is 13.2 Å². The average Bonchev–Trinajstić information content (AvgIpc) is 2.61. The lowest BCUT2D eigenvalue weighted by molar-refractivity contribution is -0.555. The topological polar surface area (TPSA) is 36.9 Å². The third-order valence-corrected chi connectivity index (χ3v) is 5.65. The molecule has 2 bridgehead atoms. The first-order valence-corrected chi connectivity index (χ1v) is 7.42. The summed E-state index contributed by atoms with van der Waals surface area (Å²) in [6, 6.07) is 0. The van der Waals surface area contributed by atoms with E-state index in [2.05, 4.69) is 13.8 Å². The van der Waals surface area contributed by atoms with Gasteiger partial charge in [0.15, 0.2) is 5.60 Å². The van der Waals surface area contributed by atoms with Crippen molar-refractivity contribution in [2.45, 2.75) is 64.1 Å². The van der Waals surface area contributed by atoms with Crippen molar-refractivity contribution in [2.75, 3.05) is 0 Å². The normalized spacial score (nSPS) is 55.8. The first-order chi connectivity index (χ1) is 9.05. The summed E-state index contributed by atoms with van der Waals surface area (Å²) in [5, 5.41) is 0. The van der Waals surface area contributed by atoms with E-state index in [0.717, 1.165) is 19.3 Å². The zero-order chi connectivity index (χ0) is 13.3. The minimum absolute atomic E-state index is 0.324. The zero-order valence-electron chi connectivity index (χ0n) is 11.8. The summed E-state index contributed by atoms with van der Waals surface area (Å²) in [6.45, 7) is 6.40. The van der Waals surface area contributed by atoms with E-state index in [1.165, 1.54) is 12.0 Å². The van der Waals surface area contributed by atoms with Crippen LogP contribution in [0, 0.1) is 17.8 Å². The molecule has 3 saturated heterocycles. The second kappa shape index (κ2) is 3.74. The van der Waals surface area contributed by atoms with Crippen molar-refractivity contribution in [3.05, 3.63) is 11.8 Å². The maximum absolute atomic E-state index is 6.11. The molecule has 0 aromatic heterocycles. The first-order valence-electron chi connectivity index (χ1n) is 7.42. The molecule has 4 aliphatic heterocycles. The van der Waals surface area contributed by atoms with E-state index >= 15 is 0 Å². The van der Waals surface area contributed by atoms with Crippen LogP contribution in [-0.4, -0.2) is 17.7 Å². The third kappa shape index (κ3) is 1.45. The Hall–Kier alpha value is -0.580. The Kier molecular flexibility index (Phi) is 2.40. The smallest absolute Gasteiger partial charge is 0.235 e. The number of fused-ring (bicyclic) bond motifs is 2. The molecule has 106 valence electrons. The van der Waals surface area contributed by atoms with Gasteiger partial charge in [-0.15, -0.1) is 0 Å². The predicted molar refractivity (Wildman–Crippen MR) is 67.6 cm³/mol. The number of hydrogen-bond donors (Lipinski definition) is 0. The summed E-state index contributed by atoms with van der Waals surface area (Å²) in [5.41, 5.74) is 0.817. The minimum Gasteiger partial charge on any atom is -0.469 e. The molecule has 0 aromatic rings. The summed E-state index contributed by atoms with van der Waals surface area (Å²) in [7, 11) is 0. The number of hydrogen-bond acceptors (Lipinski definition) is 4. The summed E-state index contributed by atoms with van der Waals surface area (Å²) in [5.74, 6) is 0.775. The highest BCUT2D eigenvalue weighted by Crippen LogP contribution is 2.59. The fraction of sp³-hybridized carbons (Fsp3) is 0.867. The first kappa shape index (κ1) is 12.2. The molecule has 4 heterocycles. The van der Waals surface area contributed by atoms with E-state index in [0.29, 0.717) is 17.8 Å². The minimum atomic E-state index is -0.656. The lowest BCUT2D eigenvalue weighted by Crippen LogP contribution is -2.66. The van der Waals surface area contributed by atoms with Crippen LogP contribution in [0.15, 0.2) is 11.8 Å². The van der Waals surface area contributed by atoms with E-state index in [1.54, 1.807) is 0 Å². The van der Waals surface area contributed by atoms with Crippen LogP contribution in [0.2, 0.25) is 0 Å². The van der Waals surface area contributed by atoms with Crippen molar-refractivity contribution in [1.82, 2.24) is 0 Å². The molecule has 4 fully saturated rings. The van der Waals surface area contributed by atoms with E-state index < -0.39 is 11.4 Å². The van der Waals surface area contributed by atoms with Crippen LogP contribution in [0.4, 0.5) is 0 Å². The second-order valence-corrected chi connectivity index (χ2v) is 6.85. The van der Waals surface area contributed by atoms with Crippen molar-refractivity contribution >= 4 is 0 Å². The molecule has 1 aliphatic carbocycles. The lowest BCUT2D eigenvalue weighted by atomic mass is 9.60. The van der Waals surface area contributed by atoms with Crippen molar-refractivity contribution in [3.63, 3.8) is 0 Å². The van der Waals surface area contributed by atoms with Crippen molar-refractivity contribution in [3.8, 4) is 0 Å². The molecule has 0 amide bonds. The number of rotatable bonds is 0. The highest BCUT2D eigenvalue weighted by Gasteiger charge is 2.67. The van der Waals surface area contributed by atoms with Gasteiger partial charge in [0.25, 0.3) is 0 Å². The number of ether oxygens (including phenoxy) is 2. The summed E-state index contributed by atoms with van der Waals surface area (Å²) in [4.78, 5) is 11.7. The Morgan fingerprint density at radius 3 is 2.89 bits per heavy atom. The van der Waals surface area contributed by atoms with E-state index in [-0.39, 0.29) is 6.29 Å². The van der Waals surface area contributed by atoms with Gasteiger partial charge in [0.1, 0.15) is 0 Å². The molecule has 5 rings (SSSR count). The van der Waals surface area contributed by atoms with Crippen LogP contribution in [-0.2, 0) is 19.2 Å². The Balaban J connectivity index is 1.85. The zero-order valence-corrected chi connectivity index (χ0v) is 11.8. The molecule has 1 spiro atoms. The molecule has 19 heavy (non-hydrogen) atoms. The second-order valence-electron chi connectivity index (χ2n) is 6.85. The highest BCUT2D eigenvalue weighted by atomic mass is 17.3. The van der Waals surface area contributed by atoms with E-state index in [4.69, 9.17) is 19.2 Å². The lowest BCUT2D eigenvalue weighted by Gasteiger charge is -2.56. The Morgan fingerprint density at radius 1 is 1.21 bits per heavy atom. The van der Waals surface area contributed by atoms with Gasteiger partial charge < -0.3 is 9.47 Å². The van der Waals surface area contributed by atoms with Gasteiger partial charge in [-0.1, -0.05) is 6.92 Å². The molecule has 4 nitrogen and oxygen atoms in total. The molecule has 0 aromatic carbocycles. The van der Waals surface area contributed by atoms with Crippen molar-refractivity contribution < 1.29 is 19.2 Å². The average molecular weight is 266 g/mol. The van der Waals surface area contributed by atoms with Crippen LogP contribution in [0.25, 0.3) is 0 Å². The van der Waals surface area contributed by atoms with Gasteiger partial charge in [0.05, 0.1) is 6.26 Å². The van der Waals surface area contributed by atoms with Crippen LogP contribution in [0.5, 0.6) is 0 Å². The molecular formula is C15H22O4. The monoisotopic (exact) mass is 266 g/mol. The molecule has 0 N–H and O–H groups in total. The molecule has 0 radical (unpaired) electrons. The van der Waals surface area contributed by atoms with Crippen LogP contribution in [0.1, 0.15) is 46.5 Å². The van der Waals surface area contributed by atoms with Crippen LogP contribution >= 0.6 is 0 Å². The van der Waals surface area contributed by atoms with Gasteiger partial charge >= 0.3 is 0 Å². The maximum Gasteiger partial charge on any atom is 0.235 e. The molecular weight excluding hydrogens is 244 g/mol. The maximum atomic E-state index is 6.11. The third-order valence-electron chi connectivity index (χ3n) is 5.65. The summed E-state index contributed by atoms with van der Waals surface area (Å²) in [6.07, 6.45) is 5.87. The fourth-order valence-electron chi connectivity index (χ4n) is 4.55. The van der Waals surface area contributed by atoms with Crippen molar-refractivity contribution in [1.29, 1.82) is 0 Å². The Morgan fingerprint density at radius 2 is 2.05 bits per heavy atom. The van der Waals surface area contributed by atoms with Gasteiger partial charge in [0, 0.05) is 18.3 Å². The van der Waals surface area contributed by atoms with E-state index in [9.17, 15) is 0 Å². The quantitative estimate of drug-likeness (QED) is 0.631. The van der Waals surface area contributed by atoms with Crippen LogP contribution in [0.3, 0.4) is 0 Å².